The number of likely N-dealkylation sites (N-methyl/N-ethyl adjacent to an activating group) is 1. The number of hydrogen-bond donors (Lipinski definition) is 2. The maximum Gasteiger partial charge on any atom is 0.319 e. The monoisotopic (exact) mass is 342 g/mol. The number of carbonyl (C=O) groups is 1. The van der Waals surface area contributed by atoms with Gasteiger partial charge in [0.2, 0.25) is 0 Å². The summed E-state index contributed by atoms with van der Waals surface area (Å²) >= 11 is 5.69. The Morgan fingerprint density at radius 3 is 2.74 bits per heavy atom. The van der Waals surface area contributed by atoms with Crippen molar-refractivity contribution >= 4 is 23.3 Å². The van der Waals surface area contributed by atoms with Gasteiger partial charge in [-0.1, -0.05) is 24.6 Å². The van der Waals surface area contributed by atoms with Crippen LogP contribution in [-0.4, -0.2) is 62.1 Å². The highest BCUT2D eigenvalue weighted by atomic mass is 35.5. The molecule has 0 spiro atoms. The number of urea groups is 1. The second kappa shape index (κ2) is 8.47. The standard InChI is InChI=1S/C16H24ClFN4O/c1-12(11-22-8-6-21(2)7-9-22)10-19-16(23)20-14-5-3-4-13(17)15(14)18/h3-5,12H,6-11H2,1-2H3,(H2,19,20,23)/t12-/m1/s1. The van der Waals surface area contributed by atoms with Crippen LogP contribution in [0.4, 0.5) is 14.9 Å². The minimum absolute atomic E-state index is 0.00812. The molecule has 0 saturated carbocycles. The van der Waals surface area contributed by atoms with Crippen molar-refractivity contribution in [1.82, 2.24) is 15.1 Å². The van der Waals surface area contributed by atoms with Crippen LogP contribution < -0.4 is 10.6 Å². The molecule has 1 saturated heterocycles. The number of anilines is 1. The first-order valence-electron chi connectivity index (χ1n) is 7.85. The van der Waals surface area contributed by atoms with E-state index in [1.165, 1.54) is 12.1 Å². The molecule has 2 rings (SSSR count). The molecule has 0 radical (unpaired) electrons. The number of nitrogens with one attached hydrogen (secondary N) is 2. The number of benzene rings is 1. The van der Waals surface area contributed by atoms with E-state index in [1.54, 1.807) is 6.07 Å². The average molecular weight is 343 g/mol. The number of piperazine rings is 1. The van der Waals surface area contributed by atoms with Crippen LogP contribution in [-0.2, 0) is 0 Å². The number of nitrogens with zero attached hydrogens (tertiary/aromatic N) is 2. The Balaban J connectivity index is 1.72. The van der Waals surface area contributed by atoms with Gasteiger partial charge < -0.3 is 20.4 Å². The van der Waals surface area contributed by atoms with Crippen molar-refractivity contribution in [2.75, 3.05) is 51.6 Å². The highest BCUT2D eigenvalue weighted by molar-refractivity contribution is 6.31. The summed E-state index contributed by atoms with van der Waals surface area (Å²) in [4.78, 5) is 16.6. The van der Waals surface area contributed by atoms with E-state index < -0.39 is 11.8 Å². The first-order chi connectivity index (χ1) is 11.0. The van der Waals surface area contributed by atoms with E-state index >= 15 is 0 Å². The fourth-order valence-electron chi connectivity index (χ4n) is 2.57. The van der Waals surface area contributed by atoms with Crippen LogP contribution in [0.2, 0.25) is 5.02 Å². The van der Waals surface area contributed by atoms with Crippen LogP contribution in [0.1, 0.15) is 6.92 Å². The first kappa shape index (κ1) is 18.0. The zero-order chi connectivity index (χ0) is 16.8. The van der Waals surface area contributed by atoms with Crippen molar-refractivity contribution in [2.24, 2.45) is 5.92 Å². The topological polar surface area (TPSA) is 47.6 Å². The summed E-state index contributed by atoms with van der Waals surface area (Å²) in [5.74, 6) is -0.289. The maximum absolute atomic E-state index is 13.7. The van der Waals surface area contributed by atoms with Crippen LogP contribution in [0.3, 0.4) is 0 Å². The van der Waals surface area contributed by atoms with Gasteiger partial charge in [-0.05, 0) is 25.1 Å². The Hall–Kier alpha value is -1.37. The van der Waals surface area contributed by atoms with Gasteiger partial charge in [0.15, 0.2) is 5.82 Å². The number of carbonyl (C=O) groups excluding carboxylic acids is 1. The lowest BCUT2D eigenvalue weighted by atomic mass is 10.1. The molecule has 0 aromatic heterocycles. The smallest absolute Gasteiger partial charge is 0.319 e. The molecule has 5 nitrogen and oxygen atoms in total. The minimum Gasteiger partial charge on any atom is -0.338 e. The first-order valence-corrected chi connectivity index (χ1v) is 8.23. The lowest BCUT2D eigenvalue weighted by Gasteiger charge is -2.33. The average Bonchev–Trinajstić information content (AvgIpc) is 2.52. The van der Waals surface area contributed by atoms with E-state index in [4.69, 9.17) is 11.6 Å². The van der Waals surface area contributed by atoms with Crippen LogP contribution in [0.5, 0.6) is 0 Å². The molecule has 2 N–H and O–H groups in total. The number of amides is 2. The summed E-state index contributed by atoms with van der Waals surface area (Å²) in [7, 11) is 2.13. The summed E-state index contributed by atoms with van der Waals surface area (Å²) < 4.78 is 13.7. The maximum atomic E-state index is 13.7. The van der Waals surface area contributed by atoms with Crippen molar-refractivity contribution in [1.29, 1.82) is 0 Å². The lowest BCUT2D eigenvalue weighted by molar-refractivity contribution is 0.138. The minimum atomic E-state index is -0.616. The third kappa shape index (κ3) is 5.64. The number of halogens is 2. The largest absolute Gasteiger partial charge is 0.338 e. The molecule has 1 aliphatic heterocycles. The summed E-state index contributed by atoms with van der Waals surface area (Å²) in [6.45, 7) is 7.85. The molecule has 0 aliphatic carbocycles. The molecule has 0 unspecified atom stereocenters. The van der Waals surface area contributed by atoms with Gasteiger partial charge in [0, 0.05) is 39.3 Å². The third-order valence-corrected chi connectivity index (χ3v) is 4.27. The molecule has 2 amide bonds. The Morgan fingerprint density at radius 1 is 1.35 bits per heavy atom. The van der Waals surface area contributed by atoms with Gasteiger partial charge in [0.25, 0.3) is 0 Å². The second-order valence-corrected chi connectivity index (χ2v) is 6.55. The molecule has 1 fully saturated rings. The molecule has 1 aromatic rings. The zero-order valence-electron chi connectivity index (χ0n) is 13.6. The van der Waals surface area contributed by atoms with E-state index in [0.717, 1.165) is 32.7 Å². The van der Waals surface area contributed by atoms with E-state index in [-0.39, 0.29) is 10.7 Å². The SMILES string of the molecule is C[C@H](CNC(=O)Nc1cccc(Cl)c1F)CN1CCN(C)CC1. The number of rotatable bonds is 5. The molecule has 7 heteroatoms. The van der Waals surface area contributed by atoms with E-state index in [9.17, 15) is 9.18 Å². The van der Waals surface area contributed by atoms with Crippen molar-refractivity contribution in [3.8, 4) is 0 Å². The van der Waals surface area contributed by atoms with Crippen LogP contribution in [0.25, 0.3) is 0 Å². The lowest BCUT2D eigenvalue weighted by Crippen LogP contribution is -2.47. The molecule has 23 heavy (non-hydrogen) atoms. The van der Waals surface area contributed by atoms with Gasteiger partial charge in [-0.3, -0.25) is 0 Å². The van der Waals surface area contributed by atoms with Crippen molar-refractivity contribution in [3.05, 3.63) is 29.0 Å². The summed E-state index contributed by atoms with van der Waals surface area (Å²) in [5, 5.41) is 5.26. The second-order valence-electron chi connectivity index (χ2n) is 6.15. The third-order valence-electron chi connectivity index (χ3n) is 3.98. The number of hydrogen-bond acceptors (Lipinski definition) is 3. The van der Waals surface area contributed by atoms with Gasteiger partial charge in [0.1, 0.15) is 0 Å². The molecule has 1 aromatic carbocycles. The summed E-state index contributed by atoms with van der Waals surface area (Å²) in [6.07, 6.45) is 0. The van der Waals surface area contributed by atoms with Crippen molar-refractivity contribution < 1.29 is 9.18 Å². The molecule has 1 atom stereocenters. The Morgan fingerprint density at radius 2 is 2.04 bits per heavy atom. The Bertz CT molecular complexity index is 535. The van der Waals surface area contributed by atoms with Crippen molar-refractivity contribution in [2.45, 2.75) is 6.92 Å². The Labute approximate surface area is 141 Å². The molecular weight excluding hydrogens is 319 g/mol. The normalized spacial score (nSPS) is 17.7. The fourth-order valence-corrected chi connectivity index (χ4v) is 2.74. The molecule has 0 bridgehead atoms. The van der Waals surface area contributed by atoms with Crippen LogP contribution in [0, 0.1) is 11.7 Å². The molecule has 1 heterocycles. The predicted molar refractivity (Wildman–Crippen MR) is 91.5 cm³/mol. The highest BCUT2D eigenvalue weighted by Gasteiger charge is 2.16. The van der Waals surface area contributed by atoms with E-state index in [2.05, 4.69) is 34.4 Å². The van der Waals surface area contributed by atoms with Gasteiger partial charge >= 0.3 is 6.03 Å². The summed E-state index contributed by atoms with van der Waals surface area (Å²) in [6, 6.07) is 4.10. The predicted octanol–water partition coefficient (Wildman–Crippen LogP) is 2.48. The van der Waals surface area contributed by atoms with E-state index in [1.807, 2.05) is 0 Å². The molecule has 1 aliphatic rings. The van der Waals surface area contributed by atoms with Crippen LogP contribution in [0.15, 0.2) is 18.2 Å². The summed E-state index contributed by atoms with van der Waals surface area (Å²) in [5.41, 5.74) is 0.0849. The van der Waals surface area contributed by atoms with E-state index in [0.29, 0.717) is 12.5 Å². The Kier molecular flexibility index (Phi) is 6.62. The zero-order valence-corrected chi connectivity index (χ0v) is 14.4. The quantitative estimate of drug-likeness (QED) is 0.864. The fraction of sp³-hybridized carbons (Fsp3) is 0.562. The van der Waals surface area contributed by atoms with Gasteiger partial charge in [-0.15, -0.1) is 0 Å². The van der Waals surface area contributed by atoms with Gasteiger partial charge in [-0.2, -0.15) is 0 Å². The van der Waals surface area contributed by atoms with Gasteiger partial charge in [0.05, 0.1) is 10.7 Å². The van der Waals surface area contributed by atoms with Crippen molar-refractivity contribution in [3.63, 3.8) is 0 Å². The highest BCUT2D eigenvalue weighted by Crippen LogP contribution is 2.21. The molecule has 128 valence electrons. The molecular formula is C16H24ClFN4O. The van der Waals surface area contributed by atoms with Gasteiger partial charge in [-0.25, -0.2) is 9.18 Å². The van der Waals surface area contributed by atoms with Crippen LogP contribution >= 0.6 is 11.6 Å².